The molecule has 0 aliphatic carbocycles. The van der Waals surface area contributed by atoms with Crippen molar-refractivity contribution < 1.29 is 14.3 Å². The van der Waals surface area contributed by atoms with Crippen LogP contribution in [0.15, 0.2) is 30.3 Å². The molecular formula is C14H18O3. The standard InChI is InChI=1S/C14H18O3/c1-3-16-13(15)14(2,9-12-10-17-12)11-7-5-4-6-8-11/h4-8,12H,3,9-10H2,1-2H3. The van der Waals surface area contributed by atoms with E-state index in [2.05, 4.69) is 0 Å². The summed E-state index contributed by atoms with van der Waals surface area (Å²) in [5, 5.41) is 0. The van der Waals surface area contributed by atoms with Crippen LogP contribution >= 0.6 is 0 Å². The van der Waals surface area contributed by atoms with E-state index in [1.165, 1.54) is 0 Å². The zero-order valence-electron chi connectivity index (χ0n) is 10.3. The summed E-state index contributed by atoms with van der Waals surface area (Å²) in [7, 11) is 0. The van der Waals surface area contributed by atoms with Crippen LogP contribution in [0.4, 0.5) is 0 Å². The number of hydrogen-bond donors (Lipinski definition) is 0. The first kappa shape index (κ1) is 12.1. The predicted molar refractivity (Wildman–Crippen MR) is 64.8 cm³/mol. The van der Waals surface area contributed by atoms with Crippen molar-refractivity contribution in [1.82, 2.24) is 0 Å². The van der Waals surface area contributed by atoms with Crippen molar-refractivity contribution in [2.75, 3.05) is 13.2 Å². The van der Waals surface area contributed by atoms with Crippen LogP contribution in [-0.2, 0) is 19.7 Å². The van der Waals surface area contributed by atoms with Gasteiger partial charge in [-0.25, -0.2) is 0 Å². The summed E-state index contributed by atoms with van der Waals surface area (Å²) in [6.07, 6.45) is 0.889. The third-order valence-electron chi connectivity index (χ3n) is 3.18. The van der Waals surface area contributed by atoms with Crippen LogP contribution in [-0.4, -0.2) is 25.3 Å². The molecule has 1 aromatic rings. The minimum Gasteiger partial charge on any atom is -0.465 e. The molecule has 0 radical (unpaired) electrons. The Bertz CT molecular complexity index is 384. The summed E-state index contributed by atoms with van der Waals surface area (Å²) in [4.78, 5) is 12.2. The first-order chi connectivity index (χ1) is 8.16. The maximum absolute atomic E-state index is 12.2. The molecule has 1 heterocycles. The largest absolute Gasteiger partial charge is 0.465 e. The van der Waals surface area contributed by atoms with Gasteiger partial charge in [-0.05, 0) is 25.8 Å². The minimum absolute atomic E-state index is 0.165. The molecule has 1 saturated heterocycles. The summed E-state index contributed by atoms with van der Waals surface area (Å²) in [5.41, 5.74) is 0.396. The van der Waals surface area contributed by atoms with Gasteiger partial charge in [0.15, 0.2) is 0 Å². The normalized spacial score (nSPS) is 21.6. The Morgan fingerprint density at radius 1 is 1.47 bits per heavy atom. The molecule has 92 valence electrons. The fourth-order valence-electron chi connectivity index (χ4n) is 2.06. The van der Waals surface area contributed by atoms with Gasteiger partial charge in [-0.1, -0.05) is 30.3 Å². The molecule has 0 aromatic heterocycles. The highest BCUT2D eigenvalue weighted by atomic mass is 16.6. The van der Waals surface area contributed by atoms with Gasteiger partial charge in [-0.15, -0.1) is 0 Å². The minimum atomic E-state index is -0.599. The van der Waals surface area contributed by atoms with Crippen molar-refractivity contribution in [3.05, 3.63) is 35.9 Å². The highest BCUT2D eigenvalue weighted by molar-refractivity contribution is 5.82. The molecule has 1 aliphatic heterocycles. The molecule has 0 amide bonds. The van der Waals surface area contributed by atoms with Crippen LogP contribution in [0.1, 0.15) is 25.8 Å². The van der Waals surface area contributed by atoms with E-state index in [1.54, 1.807) is 0 Å². The molecule has 3 heteroatoms. The van der Waals surface area contributed by atoms with Gasteiger partial charge in [0.25, 0.3) is 0 Å². The third-order valence-corrected chi connectivity index (χ3v) is 3.18. The summed E-state index contributed by atoms with van der Waals surface area (Å²) >= 11 is 0. The third kappa shape index (κ3) is 2.67. The summed E-state index contributed by atoms with van der Waals surface area (Å²) in [6.45, 7) is 4.92. The van der Waals surface area contributed by atoms with Crippen LogP contribution in [0.3, 0.4) is 0 Å². The zero-order valence-corrected chi connectivity index (χ0v) is 10.3. The Balaban J connectivity index is 2.25. The number of epoxide rings is 1. The van der Waals surface area contributed by atoms with Gasteiger partial charge in [-0.2, -0.15) is 0 Å². The molecule has 2 atom stereocenters. The van der Waals surface area contributed by atoms with Gasteiger partial charge >= 0.3 is 5.97 Å². The molecule has 2 rings (SSSR count). The van der Waals surface area contributed by atoms with Crippen LogP contribution in [0, 0.1) is 0 Å². The molecule has 0 bridgehead atoms. The maximum atomic E-state index is 12.2. The predicted octanol–water partition coefficient (Wildman–Crippen LogP) is 2.30. The quantitative estimate of drug-likeness (QED) is 0.579. The second kappa shape index (κ2) is 4.88. The van der Waals surface area contributed by atoms with E-state index in [-0.39, 0.29) is 12.1 Å². The van der Waals surface area contributed by atoms with E-state index in [1.807, 2.05) is 44.2 Å². The van der Waals surface area contributed by atoms with Crippen molar-refractivity contribution >= 4 is 5.97 Å². The number of benzene rings is 1. The Morgan fingerprint density at radius 3 is 2.65 bits per heavy atom. The number of esters is 1. The van der Waals surface area contributed by atoms with Gasteiger partial charge in [-0.3, -0.25) is 4.79 Å². The molecule has 3 nitrogen and oxygen atoms in total. The molecule has 1 aliphatic rings. The number of carbonyl (C=O) groups is 1. The Kier molecular flexibility index (Phi) is 3.48. The fourth-order valence-corrected chi connectivity index (χ4v) is 2.06. The van der Waals surface area contributed by atoms with Gasteiger partial charge in [0.1, 0.15) is 0 Å². The van der Waals surface area contributed by atoms with Gasteiger partial charge in [0.2, 0.25) is 0 Å². The molecule has 2 unspecified atom stereocenters. The monoisotopic (exact) mass is 234 g/mol. The van der Waals surface area contributed by atoms with E-state index in [9.17, 15) is 4.79 Å². The molecule has 0 spiro atoms. The van der Waals surface area contributed by atoms with Gasteiger partial charge in [0, 0.05) is 0 Å². The highest BCUT2D eigenvalue weighted by Gasteiger charge is 2.42. The van der Waals surface area contributed by atoms with Crippen molar-refractivity contribution in [3.63, 3.8) is 0 Å². The Labute approximate surface area is 102 Å². The lowest BCUT2D eigenvalue weighted by Crippen LogP contribution is -2.36. The average Bonchev–Trinajstić information content (AvgIpc) is 3.14. The van der Waals surface area contributed by atoms with Gasteiger partial charge in [0.05, 0.1) is 24.7 Å². The van der Waals surface area contributed by atoms with Crippen molar-refractivity contribution in [3.8, 4) is 0 Å². The lowest BCUT2D eigenvalue weighted by Gasteiger charge is -2.27. The Hall–Kier alpha value is -1.35. The molecule has 17 heavy (non-hydrogen) atoms. The van der Waals surface area contributed by atoms with Crippen LogP contribution < -0.4 is 0 Å². The molecule has 1 fully saturated rings. The summed E-state index contributed by atoms with van der Waals surface area (Å²) in [6, 6.07) is 9.78. The Morgan fingerprint density at radius 2 is 2.12 bits per heavy atom. The van der Waals surface area contributed by atoms with E-state index in [0.717, 1.165) is 12.2 Å². The first-order valence-electron chi connectivity index (χ1n) is 6.01. The van der Waals surface area contributed by atoms with Gasteiger partial charge < -0.3 is 9.47 Å². The van der Waals surface area contributed by atoms with Crippen molar-refractivity contribution in [2.45, 2.75) is 31.8 Å². The second-order valence-corrected chi connectivity index (χ2v) is 4.58. The van der Waals surface area contributed by atoms with E-state index >= 15 is 0 Å². The summed E-state index contributed by atoms with van der Waals surface area (Å²) < 4.78 is 10.4. The van der Waals surface area contributed by atoms with E-state index < -0.39 is 5.41 Å². The zero-order chi connectivity index (χ0) is 12.3. The fraction of sp³-hybridized carbons (Fsp3) is 0.500. The summed E-state index contributed by atoms with van der Waals surface area (Å²) in [5.74, 6) is -0.165. The smallest absolute Gasteiger partial charge is 0.316 e. The molecular weight excluding hydrogens is 216 g/mol. The number of carbonyl (C=O) groups excluding carboxylic acids is 1. The van der Waals surface area contributed by atoms with Crippen molar-refractivity contribution in [2.24, 2.45) is 0 Å². The van der Waals surface area contributed by atoms with E-state index in [0.29, 0.717) is 13.0 Å². The number of ether oxygens (including phenoxy) is 2. The number of hydrogen-bond acceptors (Lipinski definition) is 3. The topological polar surface area (TPSA) is 38.8 Å². The lowest BCUT2D eigenvalue weighted by atomic mass is 9.78. The van der Waals surface area contributed by atoms with Crippen LogP contribution in [0.2, 0.25) is 0 Å². The second-order valence-electron chi connectivity index (χ2n) is 4.58. The first-order valence-corrected chi connectivity index (χ1v) is 6.01. The maximum Gasteiger partial charge on any atom is 0.316 e. The molecule has 1 aromatic carbocycles. The van der Waals surface area contributed by atoms with Crippen LogP contribution in [0.5, 0.6) is 0 Å². The molecule has 0 N–H and O–H groups in total. The molecule has 0 saturated carbocycles. The van der Waals surface area contributed by atoms with E-state index in [4.69, 9.17) is 9.47 Å². The average molecular weight is 234 g/mol. The van der Waals surface area contributed by atoms with Crippen LogP contribution in [0.25, 0.3) is 0 Å². The van der Waals surface area contributed by atoms with Crippen molar-refractivity contribution in [1.29, 1.82) is 0 Å². The highest BCUT2D eigenvalue weighted by Crippen LogP contribution is 2.34. The SMILES string of the molecule is CCOC(=O)C(C)(CC1CO1)c1ccccc1. The number of rotatable bonds is 5. The lowest BCUT2D eigenvalue weighted by molar-refractivity contribution is -0.150.